The molecular formula is C24H26N2O2. The van der Waals surface area contributed by atoms with E-state index in [-0.39, 0.29) is 0 Å². The Bertz CT molecular complexity index is 890. The second-order valence-electron chi connectivity index (χ2n) is 7.00. The Morgan fingerprint density at radius 2 is 1.46 bits per heavy atom. The molecule has 4 rings (SSSR count). The summed E-state index contributed by atoms with van der Waals surface area (Å²) in [5, 5.41) is 0. The molecule has 3 aromatic carbocycles. The van der Waals surface area contributed by atoms with Gasteiger partial charge in [-0.05, 0) is 42.0 Å². The summed E-state index contributed by atoms with van der Waals surface area (Å²) >= 11 is 0. The first-order valence-electron chi connectivity index (χ1n) is 9.74. The van der Waals surface area contributed by atoms with E-state index >= 15 is 0 Å². The summed E-state index contributed by atoms with van der Waals surface area (Å²) in [4.78, 5) is 4.90. The summed E-state index contributed by atoms with van der Waals surface area (Å²) in [5.74, 6) is 2.70. The molecule has 0 atom stereocenters. The fourth-order valence-corrected chi connectivity index (χ4v) is 3.63. The molecule has 1 saturated heterocycles. The third-order valence-electron chi connectivity index (χ3n) is 5.08. The number of rotatable bonds is 6. The van der Waals surface area contributed by atoms with Crippen molar-refractivity contribution in [3.05, 3.63) is 84.4 Å². The minimum atomic E-state index is 0.866. The molecule has 1 heterocycles. The fraction of sp³-hybridized carbons (Fsp3) is 0.250. The molecule has 4 heteroatoms. The second-order valence-corrected chi connectivity index (χ2v) is 7.00. The lowest BCUT2D eigenvalue weighted by Crippen LogP contribution is -2.46. The SMILES string of the molecule is COc1ccccc1N1CCN(Cc2cccc(Oc3ccccc3)c2)CC1. The van der Waals surface area contributed by atoms with Gasteiger partial charge in [-0.1, -0.05) is 42.5 Å². The summed E-state index contributed by atoms with van der Waals surface area (Å²) in [7, 11) is 1.74. The van der Waals surface area contributed by atoms with Gasteiger partial charge < -0.3 is 14.4 Å². The van der Waals surface area contributed by atoms with Crippen molar-refractivity contribution in [2.75, 3.05) is 38.2 Å². The van der Waals surface area contributed by atoms with Crippen LogP contribution in [0.2, 0.25) is 0 Å². The highest BCUT2D eigenvalue weighted by Crippen LogP contribution is 2.29. The van der Waals surface area contributed by atoms with E-state index in [4.69, 9.17) is 9.47 Å². The summed E-state index contributed by atoms with van der Waals surface area (Å²) in [5.41, 5.74) is 2.46. The number of ether oxygens (including phenoxy) is 2. The van der Waals surface area contributed by atoms with Gasteiger partial charge in [0.2, 0.25) is 0 Å². The number of nitrogens with zero attached hydrogens (tertiary/aromatic N) is 2. The molecule has 0 N–H and O–H groups in total. The number of piperazine rings is 1. The van der Waals surface area contributed by atoms with Crippen molar-refractivity contribution in [3.63, 3.8) is 0 Å². The lowest BCUT2D eigenvalue weighted by atomic mass is 10.1. The number of para-hydroxylation sites is 3. The van der Waals surface area contributed by atoms with E-state index in [9.17, 15) is 0 Å². The normalized spacial score (nSPS) is 14.7. The Balaban J connectivity index is 1.35. The molecule has 1 aliphatic rings. The van der Waals surface area contributed by atoms with E-state index in [0.717, 1.165) is 50.0 Å². The summed E-state index contributed by atoms with van der Waals surface area (Å²) < 4.78 is 11.5. The van der Waals surface area contributed by atoms with Crippen LogP contribution >= 0.6 is 0 Å². The average molecular weight is 374 g/mol. The minimum Gasteiger partial charge on any atom is -0.495 e. The maximum absolute atomic E-state index is 5.97. The monoisotopic (exact) mass is 374 g/mol. The molecule has 0 spiro atoms. The van der Waals surface area contributed by atoms with Crippen molar-refractivity contribution >= 4 is 5.69 Å². The van der Waals surface area contributed by atoms with Gasteiger partial charge in [-0.25, -0.2) is 0 Å². The lowest BCUT2D eigenvalue weighted by Gasteiger charge is -2.36. The molecule has 0 saturated carbocycles. The highest BCUT2D eigenvalue weighted by Gasteiger charge is 2.19. The Kier molecular flexibility index (Phi) is 5.78. The molecule has 0 aliphatic carbocycles. The van der Waals surface area contributed by atoms with Crippen LogP contribution in [0.15, 0.2) is 78.9 Å². The molecule has 0 bridgehead atoms. The van der Waals surface area contributed by atoms with Crippen LogP contribution in [-0.2, 0) is 6.54 Å². The molecule has 1 fully saturated rings. The van der Waals surface area contributed by atoms with Gasteiger partial charge in [0, 0.05) is 32.7 Å². The molecule has 0 radical (unpaired) electrons. The number of methoxy groups -OCH3 is 1. The zero-order valence-corrected chi connectivity index (χ0v) is 16.3. The van der Waals surface area contributed by atoms with Crippen LogP contribution < -0.4 is 14.4 Å². The molecule has 4 nitrogen and oxygen atoms in total. The van der Waals surface area contributed by atoms with E-state index in [2.05, 4.69) is 40.1 Å². The maximum atomic E-state index is 5.97. The smallest absolute Gasteiger partial charge is 0.142 e. The van der Waals surface area contributed by atoms with Crippen molar-refractivity contribution in [1.29, 1.82) is 0 Å². The van der Waals surface area contributed by atoms with Gasteiger partial charge in [-0.15, -0.1) is 0 Å². The van der Waals surface area contributed by atoms with Gasteiger partial charge >= 0.3 is 0 Å². The predicted octanol–water partition coefficient (Wildman–Crippen LogP) is 4.81. The Labute approximate surface area is 166 Å². The first kappa shape index (κ1) is 18.4. The highest BCUT2D eigenvalue weighted by atomic mass is 16.5. The number of benzene rings is 3. The van der Waals surface area contributed by atoms with Gasteiger partial charge in [0.05, 0.1) is 12.8 Å². The van der Waals surface area contributed by atoms with Crippen LogP contribution in [0.1, 0.15) is 5.56 Å². The van der Waals surface area contributed by atoms with Gasteiger partial charge in [0.25, 0.3) is 0 Å². The molecule has 3 aromatic rings. The zero-order chi connectivity index (χ0) is 19.2. The number of hydrogen-bond donors (Lipinski definition) is 0. The largest absolute Gasteiger partial charge is 0.495 e. The van der Waals surface area contributed by atoms with E-state index in [0.29, 0.717) is 0 Å². The van der Waals surface area contributed by atoms with Crippen molar-refractivity contribution in [1.82, 2.24) is 4.90 Å². The van der Waals surface area contributed by atoms with Gasteiger partial charge in [0.15, 0.2) is 0 Å². The molecular weight excluding hydrogens is 348 g/mol. The predicted molar refractivity (Wildman–Crippen MR) is 113 cm³/mol. The van der Waals surface area contributed by atoms with Crippen molar-refractivity contribution < 1.29 is 9.47 Å². The first-order chi connectivity index (χ1) is 13.8. The van der Waals surface area contributed by atoms with Crippen LogP contribution in [0.5, 0.6) is 17.2 Å². The summed E-state index contributed by atoms with van der Waals surface area (Å²) in [6.07, 6.45) is 0. The van der Waals surface area contributed by atoms with Crippen LogP contribution in [0.3, 0.4) is 0 Å². The molecule has 0 aromatic heterocycles. The van der Waals surface area contributed by atoms with E-state index in [1.165, 1.54) is 11.3 Å². The van der Waals surface area contributed by atoms with E-state index in [1.807, 2.05) is 48.5 Å². The summed E-state index contributed by atoms with van der Waals surface area (Å²) in [6.45, 7) is 5.00. The first-order valence-corrected chi connectivity index (χ1v) is 9.74. The standard InChI is InChI=1S/C24H26N2O2/c1-27-24-13-6-5-12-23(24)26-16-14-25(15-17-26)19-20-8-7-11-22(18-20)28-21-9-3-2-4-10-21/h2-13,18H,14-17,19H2,1H3. The minimum absolute atomic E-state index is 0.866. The molecule has 144 valence electrons. The van der Waals surface area contributed by atoms with Crippen molar-refractivity contribution in [2.45, 2.75) is 6.54 Å². The van der Waals surface area contributed by atoms with Crippen LogP contribution in [0.4, 0.5) is 5.69 Å². The molecule has 0 unspecified atom stereocenters. The van der Waals surface area contributed by atoms with Crippen LogP contribution in [0.25, 0.3) is 0 Å². The third kappa shape index (κ3) is 4.46. The number of hydrogen-bond acceptors (Lipinski definition) is 4. The van der Waals surface area contributed by atoms with Crippen LogP contribution in [0, 0.1) is 0 Å². The second kappa shape index (κ2) is 8.81. The van der Waals surface area contributed by atoms with Crippen LogP contribution in [-0.4, -0.2) is 38.2 Å². The highest BCUT2D eigenvalue weighted by molar-refractivity contribution is 5.58. The summed E-state index contributed by atoms with van der Waals surface area (Å²) in [6, 6.07) is 26.6. The molecule has 28 heavy (non-hydrogen) atoms. The van der Waals surface area contributed by atoms with Gasteiger partial charge in [0.1, 0.15) is 17.2 Å². The van der Waals surface area contributed by atoms with E-state index < -0.39 is 0 Å². The number of anilines is 1. The Morgan fingerprint density at radius 1 is 0.750 bits per heavy atom. The lowest BCUT2D eigenvalue weighted by molar-refractivity contribution is 0.249. The van der Waals surface area contributed by atoms with Crippen molar-refractivity contribution in [3.8, 4) is 17.2 Å². The third-order valence-corrected chi connectivity index (χ3v) is 5.08. The molecule has 1 aliphatic heterocycles. The van der Waals surface area contributed by atoms with E-state index in [1.54, 1.807) is 7.11 Å². The van der Waals surface area contributed by atoms with Gasteiger partial charge in [-0.3, -0.25) is 4.90 Å². The Morgan fingerprint density at radius 3 is 2.25 bits per heavy atom. The Hall–Kier alpha value is -2.98. The van der Waals surface area contributed by atoms with Gasteiger partial charge in [-0.2, -0.15) is 0 Å². The topological polar surface area (TPSA) is 24.9 Å². The zero-order valence-electron chi connectivity index (χ0n) is 16.3. The molecule has 0 amide bonds. The quantitative estimate of drug-likeness (QED) is 0.618. The average Bonchev–Trinajstić information content (AvgIpc) is 2.75. The fourth-order valence-electron chi connectivity index (χ4n) is 3.63. The maximum Gasteiger partial charge on any atom is 0.142 e. The van der Waals surface area contributed by atoms with Crippen molar-refractivity contribution in [2.24, 2.45) is 0 Å².